The Bertz CT molecular complexity index is 499. The average molecular weight is 285 g/mol. The molecule has 0 heterocycles. The monoisotopic (exact) mass is 285 g/mol. The Morgan fingerprint density at radius 1 is 0.714 bits per heavy atom. The Hall–Kier alpha value is -2.00. The zero-order chi connectivity index (χ0) is 15.2. The Morgan fingerprint density at radius 2 is 1.10 bits per heavy atom. The fourth-order valence-electron chi connectivity index (χ4n) is 2.31. The Morgan fingerprint density at radius 3 is 1.38 bits per heavy atom. The van der Waals surface area contributed by atoms with Crippen molar-refractivity contribution >= 4 is 0 Å². The molecular weight excluding hydrogens is 262 g/mol. The van der Waals surface area contributed by atoms with Gasteiger partial charge in [0.15, 0.2) is 0 Å². The lowest BCUT2D eigenvalue weighted by Gasteiger charge is -2.22. The van der Waals surface area contributed by atoms with Gasteiger partial charge >= 0.3 is 0 Å². The zero-order valence-electron chi connectivity index (χ0n) is 13.1. The van der Waals surface area contributed by atoms with Gasteiger partial charge in [0.25, 0.3) is 0 Å². The fourth-order valence-corrected chi connectivity index (χ4v) is 2.31. The first kappa shape index (κ1) is 15.4. The van der Waals surface area contributed by atoms with Crippen LogP contribution in [0, 0.1) is 0 Å². The third-order valence-electron chi connectivity index (χ3n) is 3.40. The molecule has 21 heavy (non-hydrogen) atoms. The van der Waals surface area contributed by atoms with Gasteiger partial charge in [-0.05, 0) is 49.2 Å². The van der Waals surface area contributed by atoms with Crippen LogP contribution < -0.4 is 14.8 Å². The second kappa shape index (κ2) is 7.14. The maximum Gasteiger partial charge on any atom is 0.118 e. The minimum atomic E-state index is 0.154. The lowest BCUT2D eigenvalue weighted by atomic mass is 9.97. The molecule has 0 fully saturated rings. The molecule has 0 atom stereocenters. The summed E-state index contributed by atoms with van der Waals surface area (Å²) < 4.78 is 10.5. The first-order valence-electron chi connectivity index (χ1n) is 7.18. The van der Waals surface area contributed by atoms with E-state index in [0.717, 1.165) is 11.5 Å². The van der Waals surface area contributed by atoms with Crippen LogP contribution in [-0.2, 0) is 0 Å². The van der Waals surface area contributed by atoms with Gasteiger partial charge in [0.1, 0.15) is 11.5 Å². The topological polar surface area (TPSA) is 30.5 Å². The molecule has 0 aromatic heterocycles. The number of benzene rings is 2. The maximum absolute atomic E-state index is 5.23. The zero-order valence-corrected chi connectivity index (χ0v) is 13.1. The summed E-state index contributed by atoms with van der Waals surface area (Å²) in [5.41, 5.74) is 2.43. The lowest BCUT2D eigenvalue weighted by molar-refractivity contribution is 0.414. The summed E-state index contributed by atoms with van der Waals surface area (Å²) in [5, 5.41) is 3.61. The van der Waals surface area contributed by atoms with Gasteiger partial charge in [-0.15, -0.1) is 0 Å². The van der Waals surface area contributed by atoms with Crippen LogP contribution in [0.15, 0.2) is 48.5 Å². The quantitative estimate of drug-likeness (QED) is 0.876. The minimum absolute atomic E-state index is 0.154. The summed E-state index contributed by atoms with van der Waals surface area (Å²) in [6.07, 6.45) is 0. The molecule has 112 valence electrons. The van der Waals surface area contributed by atoms with E-state index >= 15 is 0 Å². The fraction of sp³-hybridized carbons (Fsp3) is 0.333. The predicted molar refractivity (Wildman–Crippen MR) is 86.1 cm³/mol. The standard InChI is InChI=1S/C18H23NO2/c1-13(2)19-18(14-5-9-16(20-3)10-6-14)15-7-11-17(21-4)12-8-15/h5-13,18-19H,1-4H3. The third kappa shape index (κ3) is 3.99. The molecule has 0 aliphatic carbocycles. The second-order valence-corrected chi connectivity index (χ2v) is 5.30. The van der Waals surface area contributed by atoms with Crippen molar-refractivity contribution in [3.63, 3.8) is 0 Å². The summed E-state index contributed by atoms with van der Waals surface area (Å²) in [4.78, 5) is 0. The van der Waals surface area contributed by atoms with Gasteiger partial charge in [-0.1, -0.05) is 24.3 Å². The van der Waals surface area contributed by atoms with Crippen LogP contribution in [0.1, 0.15) is 31.0 Å². The molecule has 0 saturated carbocycles. The van der Waals surface area contributed by atoms with Crippen molar-refractivity contribution in [1.82, 2.24) is 5.32 Å². The van der Waals surface area contributed by atoms with Gasteiger partial charge in [-0.2, -0.15) is 0 Å². The number of hydrogen-bond acceptors (Lipinski definition) is 3. The van der Waals surface area contributed by atoms with Crippen LogP contribution in [0.2, 0.25) is 0 Å². The van der Waals surface area contributed by atoms with Crippen LogP contribution in [0.25, 0.3) is 0 Å². The summed E-state index contributed by atoms with van der Waals surface area (Å²) >= 11 is 0. The molecule has 0 saturated heterocycles. The molecule has 0 aliphatic heterocycles. The molecule has 2 rings (SSSR count). The normalized spacial score (nSPS) is 11.0. The number of ether oxygens (including phenoxy) is 2. The molecule has 0 amide bonds. The molecule has 3 nitrogen and oxygen atoms in total. The van der Waals surface area contributed by atoms with Crippen molar-refractivity contribution in [3.8, 4) is 11.5 Å². The molecule has 0 spiro atoms. The van der Waals surface area contributed by atoms with Crippen LogP contribution in [0.4, 0.5) is 0 Å². The predicted octanol–water partition coefficient (Wildman–Crippen LogP) is 3.79. The number of rotatable bonds is 6. The molecule has 0 bridgehead atoms. The van der Waals surface area contributed by atoms with E-state index in [-0.39, 0.29) is 6.04 Å². The van der Waals surface area contributed by atoms with E-state index < -0.39 is 0 Å². The van der Waals surface area contributed by atoms with Crippen LogP contribution in [0.5, 0.6) is 11.5 Å². The van der Waals surface area contributed by atoms with E-state index in [1.54, 1.807) is 14.2 Å². The molecular formula is C18H23NO2. The van der Waals surface area contributed by atoms with Gasteiger partial charge in [-0.3, -0.25) is 0 Å². The van der Waals surface area contributed by atoms with Gasteiger partial charge in [0.05, 0.1) is 20.3 Å². The smallest absolute Gasteiger partial charge is 0.118 e. The van der Waals surface area contributed by atoms with E-state index in [9.17, 15) is 0 Å². The van der Waals surface area contributed by atoms with E-state index in [4.69, 9.17) is 9.47 Å². The third-order valence-corrected chi connectivity index (χ3v) is 3.40. The van der Waals surface area contributed by atoms with Crippen LogP contribution >= 0.6 is 0 Å². The van der Waals surface area contributed by atoms with Crippen molar-refractivity contribution in [3.05, 3.63) is 59.7 Å². The highest BCUT2D eigenvalue weighted by atomic mass is 16.5. The molecule has 2 aromatic rings. The molecule has 0 unspecified atom stereocenters. The van der Waals surface area contributed by atoms with Crippen molar-refractivity contribution in [2.24, 2.45) is 0 Å². The van der Waals surface area contributed by atoms with Crippen molar-refractivity contribution in [2.75, 3.05) is 14.2 Å². The molecule has 0 aliphatic rings. The molecule has 2 aromatic carbocycles. The summed E-state index contributed by atoms with van der Waals surface area (Å²) in [6.45, 7) is 4.31. The van der Waals surface area contributed by atoms with E-state index in [1.807, 2.05) is 24.3 Å². The van der Waals surface area contributed by atoms with E-state index in [0.29, 0.717) is 6.04 Å². The second-order valence-electron chi connectivity index (χ2n) is 5.30. The van der Waals surface area contributed by atoms with Gasteiger partial charge in [0, 0.05) is 6.04 Å². The SMILES string of the molecule is COc1ccc(C(NC(C)C)c2ccc(OC)cc2)cc1. The van der Waals surface area contributed by atoms with Crippen LogP contribution in [-0.4, -0.2) is 20.3 Å². The summed E-state index contributed by atoms with van der Waals surface area (Å²) in [6, 6.07) is 16.9. The summed E-state index contributed by atoms with van der Waals surface area (Å²) in [5.74, 6) is 1.74. The Balaban J connectivity index is 2.31. The first-order chi connectivity index (χ1) is 10.1. The number of methoxy groups -OCH3 is 2. The average Bonchev–Trinajstić information content (AvgIpc) is 2.53. The highest BCUT2D eigenvalue weighted by Gasteiger charge is 2.15. The largest absolute Gasteiger partial charge is 0.497 e. The van der Waals surface area contributed by atoms with Gasteiger partial charge in [-0.25, -0.2) is 0 Å². The molecule has 1 N–H and O–H groups in total. The highest BCUT2D eigenvalue weighted by Crippen LogP contribution is 2.26. The number of nitrogens with one attached hydrogen (secondary N) is 1. The van der Waals surface area contributed by atoms with Crippen LogP contribution in [0.3, 0.4) is 0 Å². The van der Waals surface area contributed by atoms with Gasteiger partial charge in [0.2, 0.25) is 0 Å². The Kier molecular flexibility index (Phi) is 5.23. The van der Waals surface area contributed by atoms with Gasteiger partial charge < -0.3 is 14.8 Å². The number of hydrogen-bond donors (Lipinski definition) is 1. The summed E-state index contributed by atoms with van der Waals surface area (Å²) in [7, 11) is 3.37. The minimum Gasteiger partial charge on any atom is -0.497 e. The molecule has 3 heteroatoms. The van der Waals surface area contributed by atoms with Crippen molar-refractivity contribution < 1.29 is 9.47 Å². The molecule has 0 radical (unpaired) electrons. The van der Waals surface area contributed by atoms with Crippen molar-refractivity contribution in [1.29, 1.82) is 0 Å². The highest BCUT2D eigenvalue weighted by molar-refractivity contribution is 5.37. The first-order valence-corrected chi connectivity index (χ1v) is 7.18. The Labute approximate surface area is 126 Å². The maximum atomic E-state index is 5.23. The van der Waals surface area contributed by atoms with E-state index in [2.05, 4.69) is 43.4 Å². The van der Waals surface area contributed by atoms with E-state index in [1.165, 1.54) is 11.1 Å². The van der Waals surface area contributed by atoms with Crippen molar-refractivity contribution in [2.45, 2.75) is 25.9 Å². The lowest BCUT2D eigenvalue weighted by Crippen LogP contribution is -2.28.